The van der Waals surface area contributed by atoms with Crippen LogP contribution < -0.4 is 15.8 Å². The van der Waals surface area contributed by atoms with Crippen LogP contribution >= 0.6 is 11.6 Å². The molecule has 4 N–H and O–H groups in total. The van der Waals surface area contributed by atoms with Crippen LogP contribution in [0.15, 0.2) is 29.2 Å². The van der Waals surface area contributed by atoms with Crippen molar-refractivity contribution >= 4 is 39.5 Å². The maximum atomic E-state index is 12.1. The number of sulfonamides is 1. The highest BCUT2D eigenvalue weighted by Gasteiger charge is 2.26. The van der Waals surface area contributed by atoms with Gasteiger partial charge in [0.25, 0.3) is 5.91 Å². The number of amides is 3. The van der Waals surface area contributed by atoms with E-state index in [0.29, 0.717) is 5.02 Å². The van der Waals surface area contributed by atoms with Crippen LogP contribution in [-0.2, 0) is 24.3 Å². The monoisotopic (exact) mass is 377 g/mol. The van der Waals surface area contributed by atoms with Crippen molar-refractivity contribution in [1.82, 2.24) is 10.0 Å². The van der Waals surface area contributed by atoms with Gasteiger partial charge in [-0.15, -0.1) is 0 Å². The number of hydrogen-bond acceptors (Lipinski definition) is 6. The summed E-state index contributed by atoms with van der Waals surface area (Å²) in [6, 6.07) is 2.94. The Labute approximate surface area is 143 Å². The number of halogens is 1. The molecular formula is C13H16ClN3O6S. The average Bonchev–Trinajstić information content (AvgIpc) is 2.46. The van der Waals surface area contributed by atoms with E-state index in [9.17, 15) is 22.8 Å². The Morgan fingerprint density at radius 1 is 1.17 bits per heavy atom. The minimum absolute atomic E-state index is 0.0916. The number of rotatable bonds is 6. The van der Waals surface area contributed by atoms with Gasteiger partial charge in [-0.25, -0.2) is 13.2 Å². The standard InChI is InChI=1S/C13H16ClN3O6S/c1-7(12(19)23-8(2)11(18)16-13(15)20)17-24(21,22)10-5-3-9(14)4-6-10/h3-8,17H,1-2H3,(H3,15,16,18,20)/t7-,8-/m0/s1. The van der Waals surface area contributed by atoms with Gasteiger partial charge in [0.15, 0.2) is 6.10 Å². The molecule has 11 heteroatoms. The molecule has 24 heavy (non-hydrogen) atoms. The zero-order valence-electron chi connectivity index (χ0n) is 12.8. The summed E-state index contributed by atoms with van der Waals surface area (Å²) in [5.74, 6) is -1.93. The molecule has 0 heterocycles. The number of esters is 1. The van der Waals surface area contributed by atoms with Crippen LogP contribution in [0.5, 0.6) is 0 Å². The smallest absolute Gasteiger partial charge is 0.324 e. The number of benzene rings is 1. The number of urea groups is 1. The summed E-state index contributed by atoms with van der Waals surface area (Å²) in [7, 11) is -3.98. The van der Waals surface area contributed by atoms with E-state index in [1.54, 1.807) is 5.32 Å². The second-order valence-electron chi connectivity index (χ2n) is 4.73. The number of carbonyl (C=O) groups excluding carboxylic acids is 3. The largest absolute Gasteiger partial charge is 0.451 e. The van der Waals surface area contributed by atoms with Crippen LogP contribution in [0.2, 0.25) is 5.02 Å². The van der Waals surface area contributed by atoms with Gasteiger partial charge in [0.2, 0.25) is 10.0 Å². The van der Waals surface area contributed by atoms with Crippen LogP contribution in [0.25, 0.3) is 0 Å². The molecule has 0 saturated carbocycles. The lowest BCUT2D eigenvalue weighted by Gasteiger charge is -2.17. The summed E-state index contributed by atoms with van der Waals surface area (Å²) in [6.45, 7) is 2.45. The minimum atomic E-state index is -3.98. The Bertz CT molecular complexity index is 735. The number of imide groups is 1. The van der Waals surface area contributed by atoms with Crippen molar-refractivity contribution in [3.63, 3.8) is 0 Å². The molecule has 9 nitrogen and oxygen atoms in total. The molecule has 0 aliphatic carbocycles. The molecule has 0 spiro atoms. The fraction of sp³-hybridized carbons (Fsp3) is 0.308. The molecule has 0 aliphatic heterocycles. The van der Waals surface area contributed by atoms with E-state index in [1.807, 2.05) is 0 Å². The highest BCUT2D eigenvalue weighted by molar-refractivity contribution is 7.89. The highest BCUT2D eigenvalue weighted by atomic mass is 35.5. The summed E-state index contributed by atoms with van der Waals surface area (Å²) >= 11 is 5.68. The minimum Gasteiger partial charge on any atom is -0.451 e. The molecule has 2 atom stereocenters. The number of hydrogen-bond donors (Lipinski definition) is 3. The Morgan fingerprint density at radius 2 is 1.71 bits per heavy atom. The van der Waals surface area contributed by atoms with Gasteiger partial charge in [-0.3, -0.25) is 14.9 Å². The summed E-state index contributed by atoms with van der Waals surface area (Å²) < 4.78 is 31.1. The van der Waals surface area contributed by atoms with Gasteiger partial charge in [-0.05, 0) is 38.1 Å². The van der Waals surface area contributed by atoms with Crippen LogP contribution in [0.4, 0.5) is 4.79 Å². The first-order valence-corrected chi connectivity index (χ1v) is 8.47. The number of nitrogens with one attached hydrogen (secondary N) is 2. The Hall–Kier alpha value is -2.17. The number of nitrogens with two attached hydrogens (primary N) is 1. The quantitative estimate of drug-likeness (QED) is 0.601. The Balaban J connectivity index is 2.71. The molecular weight excluding hydrogens is 362 g/mol. The molecule has 1 aromatic carbocycles. The van der Waals surface area contributed by atoms with Crippen LogP contribution in [0.3, 0.4) is 0 Å². The second kappa shape index (κ2) is 8.08. The molecule has 132 valence electrons. The van der Waals surface area contributed by atoms with Crippen molar-refractivity contribution in [3.05, 3.63) is 29.3 Å². The van der Waals surface area contributed by atoms with Crippen molar-refractivity contribution < 1.29 is 27.5 Å². The van der Waals surface area contributed by atoms with E-state index in [-0.39, 0.29) is 4.90 Å². The van der Waals surface area contributed by atoms with Crippen molar-refractivity contribution in [1.29, 1.82) is 0 Å². The molecule has 1 rings (SSSR count). The lowest BCUT2D eigenvalue weighted by Crippen LogP contribution is -2.45. The van der Waals surface area contributed by atoms with Crippen molar-refractivity contribution in [2.45, 2.75) is 30.9 Å². The maximum Gasteiger partial charge on any atom is 0.324 e. The van der Waals surface area contributed by atoms with E-state index in [2.05, 4.69) is 4.72 Å². The van der Waals surface area contributed by atoms with Crippen LogP contribution in [-0.4, -0.2) is 38.5 Å². The molecule has 0 aromatic heterocycles. The summed E-state index contributed by atoms with van der Waals surface area (Å²) in [6.07, 6.45) is -1.33. The molecule has 0 unspecified atom stereocenters. The first-order chi connectivity index (χ1) is 11.0. The predicted octanol–water partition coefficient (Wildman–Crippen LogP) is 0.133. The van der Waals surface area contributed by atoms with Crippen LogP contribution in [0.1, 0.15) is 13.8 Å². The molecule has 0 fully saturated rings. The number of primary amides is 1. The molecule has 0 bridgehead atoms. The molecule has 1 aromatic rings. The predicted molar refractivity (Wildman–Crippen MR) is 84.5 cm³/mol. The first-order valence-electron chi connectivity index (χ1n) is 6.61. The fourth-order valence-corrected chi connectivity index (χ4v) is 2.83. The van der Waals surface area contributed by atoms with Crippen molar-refractivity contribution in [3.8, 4) is 0 Å². The van der Waals surface area contributed by atoms with Gasteiger partial charge in [-0.2, -0.15) is 4.72 Å². The molecule has 0 radical (unpaired) electrons. The average molecular weight is 378 g/mol. The highest BCUT2D eigenvalue weighted by Crippen LogP contribution is 2.14. The van der Waals surface area contributed by atoms with E-state index < -0.39 is 40.1 Å². The second-order valence-corrected chi connectivity index (χ2v) is 6.88. The third-order valence-electron chi connectivity index (χ3n) is 2.72. The van der Waals surface area contributed by atoms with Gasteiger partial charge in [0, 0.05) is 5.02 Å². The van der Waals surface area contributed by atoms with Gasteiger partial charge in [0.05, 0.1) is 4.90 Å². The normalized spacial score (nSPS) is 13.6. The summed E-state index contributed by atoms with van der Waals surface area (Å²) in [5.41, 5.74) is 4.77. The van der Waals surface area contributed by atoms with E-state index >= 15 is 0 Å². The SMILES string of the molecule is C[C@H](NS(=O)(=O)c1ccc(Cl)cc1)C(=O)O[C@@H](C)C(=O)NC(N)=O. The Morgan fingerprint density at radius 3 is 2.21 bits per heavy atom. The third kappa shape index (κ3) is 5.80. The molecule has 0 saturated heterocycles. The first kappa shape index (κ1) is 19.9. The molecule has 0 aliphatic rings. The van der Waals surface area contributed by atoms with Gasteiger partial charge < -0.3 is 10.5 Å². The van der Waals surface area contributed by atoms with Crippen LogP contribution in [0, 0.1) is 0 Å². The number of carbonyl (C=O) groups is 3. The van der Waals surface area contributed by atoms with Gasteiger partial charge in [-0.1, -0.05) is 11.6 Å². The molecule has 3 amide bonds. The van der Waals surface area contributed by atoms with Gasteiger partial charge >= 0.3 is 12.0 Å². The topological polar surface area (TPSA) is 145 Å². The fourth-order valence-electron chi connectivity index (χ4n) is 1.52. The van der Waals surface area contributed by atoms with E-state index in [0.717, 1.165) is 0 Å². The lowest BCUT2D eigenvalue weighted by atomic mass is 10.3. The lowest BCUT2D eigenvalue weighted by molar-refractivity contribution is -0.155. The summed E-state index contributed by atoms with van der Waals surface area (Å²) in [4.78, 5) is 33.7. The Kier molecular flexibility index (Phi) is 6.70. The van der Waals surface area contributed by atoms with E-state index in [1.165, 1.54) is 38.1 Å². The van der Waals surface area contributed by atoms with E-state index in [4.69, 9.17) is 22.1 Å². The number of ether oxygens (including phenoxy) is 1. The maximum absolute atomic E-state index is 12.1. The third-order valence-corrected chi connectivity index (χ3v) is 4.53. The zero-order valence-corrected chi connectivity index (χ0v) is 14.3. The van der Waals surface area contributed by atoms with Crippen molar-refractivity contribution in [2.75, 3.05) is 0 Å². The van der Waals surface area contributed by atoms with Crippen molar-refractivity contribution in [2.24, 2.45) is 5.73 Å². The summed E-state index contributed by atoms with van der Waals surface area (Å²) in [5, 5.41) is 2.09. The van der Waals surface area contributed by atoms with Gasteiger partial charge in [0.1, 0.15) is 6.04 Å². The zero-order chi connectivity index (χ0) is 18.5.